The summed E-state index contributed by atoms with van der Waals surface area (Å²) in [5, 5.41) is 6.00. The summed E-state index contributed by atoms with van der Waals surface area (Å²) in [6.45, 7) is 2.43. The molecule has 4 heterocycles. The predicted molar refractivity (Wildman–Crippen MR) is 159 cm³/mol. The van der Waals surface area contributed by atoms with Crippen LogP contribution in [0.25, 0.3) is 22.2 Å². The first-order valence-corrected chi connectivity index (χ1v) is 13.8. The Balaban J connectivity index is 1.37. The number of ether oxygens (including phenoxy) is 1. The highest BCUT2D eigenvalue weighted by atomic mass is 16.5. The Hall–Kier alpha value is -5.54. The topological polar surface area (TPSA) is 159 Å². The molecule has 6 rings (SSSR count). The molecule has 0 bridgehead atoms. The van der Waals surface area contributed by atoms with Crippen molar-refractivity contribution in [1.82, 2.24) is 34.6 Å². The number of anilines is 1. The first kappa shape index (κ1) is 27.6. The summed E-state index contributed by atoms with van der Waals surface area (Å²) in [5.74, 6) is 5.60. The lowest BCUT2D eigenvalue weighted by Gasteiger charge is -2.20. The molecule has 43 heavy (non-hydrogen) atoms. The summed E-state index contributed by atoms with van der Waals surface area (Å²) in [6.07, 6.45) is 5.80. The largest absolute Gasteiger partial charge is 0.383 e. The van der Waals surface area contributed by atoms with Crippen LogP contribution in [0.5, 0.6) is 0 Å². The van der Waals surface area contributed by atoms with Gasteiger partial charge >= 0.3 is 0 Å². The highest BCUT2D eigenvalue weighted by Gasteiger charge is 2.25. The van der Waals surface area contributed by atoms with Crippen molar-refractivity contribution in [2.24, 2.45) is 0 Å². The number of aromatic nitrogens is 5. The van der Waals surface area contributed by atoms with Gasteiger partial charge in [0.2, 0.25) is 5.91 Å². The van der Waals surface area contributed by atoms with Crippen LogP contribution in [0.4, 0.5) is 5.82 Å². The van der Waals surface area contributed by atoms with E-state index in [1.165, 1.54) is 10.9 Å². The average molecular weight is 577 g/mol. The van der Waals surface area contributed by atoms with Gasteiger partial charge in [0, 0.05) is 24.6 Å². The van der Waals surface area contributed by atoms with Crippen molar-refractivity contribution in [3.8, 4) is 17.5 Å². The molecule has 0 saturated carbocycles. The number of hydrogen-bond donors (Lipinski definition) is 3. The number of rotatable bonds is 6. The third kappa shape index (κ3) is 5.41. The van der Waals surface area contributed by atoms with Crippen LogP contribution in [0.2, 0.25) is 0 Å². The van der Waals surface area contributed by atoms with Gasteiger partial charge in [-0.2, -0.15) is 0 Å². The second kappa shape index (κ2) is 11.8. The van der Waals surface area contributed by atoms with E-state index in [2.05, 4.69) is 32.4 Å². The zero-order chi connectivity index (χ0) is 29.9. The lowest BCUT2D eigenvalue weighted by molar-refractivity contribution is -0.129. The van der Waals surface area contributed by atoms with E-state index in [1.807, 2.05) is 18.2 Å². The second-order valence-corrected chi connectivity index (χ2v) is 10.0. The molecule has 2 aromatic carbocycles. The Labute approximate surface area is 245 Å². The molecule has 1 aliphatic rings. The fourth-order valence-corrected chi connectivity index (χ4v) is 5.09. The number of hydrogen-bond acceptors (Lipinski definition) is 8. The predicted octanol–water partition coefficient (Wildman–Crippen LogP) is 2.15. The number of carbonyl (C=O) groups excluding carboxylic acids is 2. The van der Waals surface area contributed by atoms with Crippen molar-refractivity contribution in [2.75, 3.05) is 18.9 Å². The van der Waals surface area contributed by atoms with Crippen LogP contribution >= 0.6 is 0 Å². The first-order chi connectivity index (χ1) is 20.9. The van der Waals surface area contributed by atoms with E-state index in [1.54, 1.807) is 54.0 Å². The Morgan fingerprint density at radius 2 is 2.00 bits per heavy atom. The van der Waals surface area contributed by atoms with Crippen molar-refractivity contribution in [3.05, 3.63) is 94.6 Å². The van der Waals surface area contributed by atoms with E-state index in [4.69, 9.17) is 15.5 Å². The number of imidazole rings is 1. The van der Waals surface area contributed by atoms with Crippen molar-refractivity contribution < 1.29 is 14.3 Å². The van der Waals surface area contributed by atoms with Gasteiger partial charge in [0.05, 0.1) is 29.2 Å². The summed E-state index contributed by atoms with van der Waals surface area (Å²) in [5.41, 5.74) is 7.65. The van der Waals surface area contributed by atoms with E-state index in [-0.39, 0.29) is 29.4 Å². The third-order valence-corrected chi connectivity index (χ3v) is 7.17. The molecule has 1 unspecified atom stereocenters. The first-order valence-electron chi connectivity index (χ1n) is 13.8. The van der Waals surface area contributed by atoms with Gasteiger partial charge in [-0.25, -0.2) is 15.0 Å². The van der Waals surface area contributed by atoms with Crippen LogP contribution in [0, 0.1) is 11.8 Å². The van der Waals surface area contributed by atoms with Crippen LogP contribution in [0.3, 0.4) is 0 Å². The fourth-order valence-electron chi connectivity index (χ4n) is 5.09. The molecule has 4 N–H and O–H groups in total. The number of nitrogens with zero attached hydrogens (tertiary/aromatic N) is 5. The number of para-hydroxylation sites is 1. The van der Waals surface area contributed by atoms with Gasteiger partial charge < -0.3 is 21.1 Å². The molecule has 2 atom stereocenters. The minimum absolute atomic E-state index is 0.0329. The second-order valence-electron chi connectivity index (χ2n) is 10.0. The maximum absolute atomic E-state index is 14.2. The van der Waals surface area contributed by atoms with Gasteiger partial charge in [-0.15, -0.1) is 0 Å². The number of benzene rings is 2. The number of amides is 2. The van der Waals surface area contributed by atoms with E-state index in [9.17, 15) is 14.4 Å². The Morgan fingerprint density at radius 3 is 2.79 bits per heavy atom. The SMILES string of the molecule is CC(NC(=O)c1c(N)ncn2ccnc12)c1nc2cccc(C#CCNC(=O)[C@H]3CCCO3)c2c(=O)n1-c1ccccc1. The highest BCUT2D eigenvalue weighted by Crippen LogP contribution is 2.22. The minimum Gasteiger partial charge on any atom is -0.383 e. The molecule has 0 radical (unpaired) electrons. The van der Waals surface area contributed by atoms with Crippen LogP contribution in [0.15, 0.2) is 72.0 Å². The molecule has 1 saturated heterocycles. The number of nitrogen functional groups attached to an aromatic ring is 1. The quantitative estimate of drug-likeness (QED) is 0.260. The zero-order valence-corrected chi connectivity index (χ0v) is 23.3. The number of nitrogens with one attached hydrogen (secondary N) is 2. The summed E-state index contributed by atoms with van der Waals surface area (Å²) in [7, 11) is 0. The van der Waals surface area contributed by atoms with Gasteiger partial charge in [-0.3, -0.25) is 23.4 Å². The average Bonchev–Trinajstić information content (AvgIpc) is 3.72. The third-order valence-electron chi connectivity index (χ3n) is 7.17. The van der Waals surface area contributed by atoms with Gasteiger partial charge in [-0.1, -0.05) is 36.1 Å². The smallest absolute Gasteiger partial charge is 0.267 e. The van der Waals surface area contributed by atoms with Crippen molar-refractivity contribution in [2.45, 2.75) is 31.9 Å². The van der Waals surface area contributed by atoms with Crippen molar-refractivity contribution in [1.29, 1.82) is 0 Å². The molecule has 12 heteroatoms. The molecule has 216 valence electrons. The molecule has 3 aromatic heterocycles. The van der Waals surface area contributed by atoms with E-state index >= 15 is 0 Å². The molecule has 0 aliphatic carbocycles. The van der Waals surface area contributed by atoms with Crippen LogP contribution in [0.1, 0.15) is 47.6 Å². The van der Waals surface area contributed by atoms with Crippen LogP contribution in [-0.4, -0.2) is 55.0 Å². The van der Waals surface area contributed by atoms with Crippen molar-refractivity contribution in [3.63, 3.8) is 0 Å². The molecule has 2 amide bonds. The summed E-state index contributed by atoms with van der Waals surface area (Å²) >= 11 is 0. The van der Waals surface area contributed by atoms with Gasteiger partial charge in [0.15, 0.2) is 5.65 Å². The Morgan fingerprint density at radius 1 is 1.16 bits per heavy atom. The van der Waals surface area contributed by atoms with Gasteiger partial charge in [-0.05, 0) is 44.0 Å². The van der Waals surface area contributed by atoms with Crippen LogP contribution in [-0.2, 0) is 9.53 Å². The van der Waals surface area contributed by atoms with E-state index < -0.39 is 18.1 Å². The standard InChI is InChI=1S/C31H28N8O4/c1-19(36-30(41)25-26(32)35-18-38-16-15-33-28(25)38)27-37-22-12-5-8-20(9-6-14-34-29(40)23-13-7-17-43-23)24(22)31(42)39(27)21-10-3-2-4-11-21/h2-5,8,10-12,15-16,18-19,23H,7,13-14,17,32H2,1H3,(H,34,40)(H,36,41)/t19?,23-/m1/s1. The lowest BCUT2D eigenvalue weighted by Crippen LogP contribution is -2.34. The summed E-state index contributed by atoms with van der Waals surface area (Å²) < 4.78 is 8.47. The minimum atomic E-state index is -0.720. The molecular weight excluding hydrogens is 548 g/mol. The molecule has 1 fully saturated rings. The molecule has 12 nitrogen and oxygen atoms in total. The Bertz CT molecular complexity index is 1970. The normalized spacial score (nSPS) is 15.1. The maximum atomic E-state index is 14.2. The summed E-state index contributed by atoms with van der Waals surface area (Å²) in [4.78, 5) is 53.0. The monoisotopic (exact) mass is 576 g/mol. The lowest BCUT2D eigenvalue weighted by atomic mass is 10.1. The number of fused-ring (bicyclic) bond motifs is 2. The molecule has 0 spiro atoms. The zero-order valence-electron chi connectivity index (χ0n) is 23.3. The molecule has 5 aromatic rings. The summed E-state index contributed by atoms with van der Waals surface area (Å²) in [6, 6.07) is 13.5. The number of nitrogens with two attached hydrogens (primary N) is 1. The van der Waals surface area contributed by atoms with E-state index in [0.717, 1.165) is 6.42 Å². The van der Waals surface area contributed by atoms with Gasteiger partial charge in [0.1, 0.15) is 29.6 Å². The fraction of sp³-hybridized carbons (Fsp3) is 0.226. The molecule has 1 aliphatic heterocycles. The highest BCUT2D eigenvalue weighted by molar-refractivity contribution is 6.04. The van der Waals surface area contributed by atoms with Gasteiger partial charge in [0.25, 0.3) is 11.5 Å². The van der Waals surface area contributed by atoms with E-state index in [0.29, 0.717) is 46.7 Å². The number of carbonyl (C=O) groups is 2. The van der Waals surface area contributed by atoms with Crippen LogP contribution < -0.4 is 21.9 Å². The maximum Gasteiger partial charge on any atom is 0.267 e. The Kier molecular flexibility index (Phi) is 7.55. The van der Waals surface area contributed by atoms with Crippen molar-refractivity contribution >= 4 is 34.2 Å². The molecular formula is C31H28N8O4.